The second-order valence-electron chi connectivity index (χ2n) is 4.10. The van der Waals surface area contributed by atoms with E-state index in [1.165, 1.54) is 19.2 Å². The fraction of sp³-hybridized carbons (Fsp3) is 0.133. The van der Waals surface area contributed by atoms with Crippen LogP contribution < -0.4 is 0 Å². The number of nitrogens with zero attached hydrogens (tertiary/aromatic N) is 2. The van der Waals surface area contributed by atoms with Crippen LogP contribution in [0.4, 0.5) is 11.4 Å². The SMILES string of the molecule is COC(=O)Cc1ccccc1N=Nc1ccc(O)cc1. The van der Waals surface area contributed by atoms with Crippen LogP contribution in [0.1, 0.15) is 5.56 Å². The number of esters is 1. The maximum absolute atomic E-state index is 11.3. The Labute approximate surface area is 116 Å². The summed E-state index contributed by atoms with van der Waals surface area (Å²) in [5, 5.41) is 17.4. The number of azo groups is 1. The van der Waals surface area contributed by atoms with Crippen molar-refractivity contribution in [2.45, 2.75) is 6.42 Å². The van der Waals surface area contributed by atoms with Crippen LogP contribution in [0.25, 0.3) is 0 Å². The van der Waals surface area contributed by atoms with Crippen molar-refractivity contribution in [2.24, 2.45) is 10.2 Å². The average Bonchev–Trinajstić information content (AvgIpc) is 2.48. The minimum atomic E-state index is -0.322. The van der Waals surface area contributed by atoms with Gasteiger partial charge in [0.15, 0.2) is 0 Å². The first-order chi connectivity index (χ1) is 9.69. The zero-order chi connectivity index (χ0) is 14.4. The van der Waals surface area contributed by atoms with Crippen molar-refractivity contribution in [3.63, 3.8) is 0 Å². The van der Waals surface area contributed by atoms with Gasteiger partial charge in [0, 0.05) is 0 Å². The zero-order valence-corrected chi connectivity index (χ0v) is 11.0. The number of phenolic OH excluding ortho intramolecular Hbond substituents is 1. The Morgan fingerprint density at radius 1 is 1.10 bits per heavy atom. The highest BCUT2D eigenvalue weighted by molar-refractivity contribution is 5.74. The molecule has 5 nitrogen and oxygen atoms in total. The van der Waals surface area contributed by atoms with E-state index in [-0.39, 0.29) is 18.1 Å². The summed E-state index contributed by atoms with van der Waals surface area (Å²) in [4.78, 5) is 11.3. The van der Waals surface area contributed by atoms with Gasteiger partial charge in [-0.2, -0.15) is 10.2 Å². The number of carbonyl (C=O) groups excluding carboxylic acids is 1. The molecule has 102 valence electrons. The molecule has 2 aromatic carbocycles. The predicted molar refractivity (Wildman–Crippen MR) is 74.4 cm³/mol. The molecule has 0 saturated carbocycles. The molecule has 0 aromatic heterocycles. The van der Waals surface area contributed by atoms with Crippen LogP contribution >= 0.6 is 0 Å². The molecule has 0 unspecified atom stereocenters. The van der Waals surface area contributed by atoms with Crippen LogP contribution in [0.5, 0.6) is 5.75 Å². The van der Waals surface area contributed by atoms with E-state index in [9.17, 15) is 9.90 Å². The lowest BCUT2D eigenvalue weighted by Gasteiger charge is -2.03. The average molecular weight is 270 g/mol. The minimum Gasteiger partial charge on any atom is -0.508 e. The standard InChI is InChI=1S/C15H14N2O3/c1-20-15(19)10-11-4-2-3-5-14(11)17-16-12-6-8-13(18)9-7-12/h2-9,18H,10H2,1H3. The van der Waals surface area contributed by atoms with Gasteiger partial charge in [-0.05, 0) is 35.9 Å². The van der Waals surface area contributed by atoms with E-state index in [0.717, 1.165) is 5.56 Å². The molecule has 0 aliphatic rings. The van der Waals surface area contributed by atoms with Gasteiger partial charge in [-0.15, -0.1) is 0 Å². The minimum absolute atomic E-state index is 0.154. The van der Waals surface area contributed by atoms with Crippen molar-refractivity contribution in [1.29, 1.82) is 0 Å². The van der Waals surface area contributed by atoms with Crippen LogP contribution in [0.2, 0.25) is 0 Å². The highest BCUT2D eigenvalue weighted by atomic mass is 16.5. The van der Waals surface area contributed by atoms with Crippen molar-refractivity contribution in [3.05, 3.63) is 54.1 Å². The molecular formula is C15H14N2O3. The van der Waals surface area contributed by atoms with E-state index >= 15 is 0 Å². The Morgan fingerprint density at radius 3 is 2.50 bits per heavy atom. The van der Waals surface area contributed by atoms with E-state index in [1.807, 2.05) is 18.2 Å². The van der Waals surface area contributed by atoms with E-state index in [1.54, 1.807) is 18.2 Å². The largest absolute Gasteiger partial charge is 0.508 e. The maximum atomic E-state index is 11.3. The summed E-state index contributed by atoms with van der Waals surface area (Å²) in [6, 6.07) is 13.6. The van der Waals surface area contributed by atoms with Crippen molar-refractivity contribution >= 4 is 17.3 Å². The highest BCUT2D eigenvalue weighted by Crippen LogP contribution is 2.23. The molecule has 1 N–H and O–H groups in total. The molecule has 20 heavy (non-hydrogen) atoms. The van der Waals surface area contributed by atoms with Crippen molar-refractivity contribution in [3.8, 4) is 5.75 Å². The maximum Gasteiger partial charge on any atom is 0.310 e. The number of ether oxygens (including phenoxy) is 1. The molecule has 2 rings (SSSR count). The van der Waals surface area contributed by atoms with E-state index in [2.05, 4.69) is 15.0 Å². The van der Waals surface area contributed by atoms with Gasteiger partial charge >= 0.3 is 5.97 Å². The van der Waals surface area contributed by atoms with Crippen molar-refractivity contribution in [2.75, 3.05) is 7.11 Å². The first-order valence-electron chi connectivity index (χ1n) is 6.04. The number of hydrogen-bond acceptors (Lipinski definition) is 5. The Hall–Kier alpha value is -2.69. The fourth-order valence-corrected chi connectivity index (χ4v) is 1.62. The molecule has 0 atom stereocenters. The Kier molecular flexibility index (Phi) is 4.44. The van der Waals surface area contributed by atoms with E-state index in [0.29, 0.717) is 11.4 Å². The van der Waals surface area contributed by atoms with Gasteiger partial charge in [-0.3, -0.25) is 4.79 Å². The molecule has 0 radical (unpaired) electrons. The number of aromatic hydroxyl groups is 1. The Bertz CT molecular complexity index is 621. The second kappa shape index (κ2) is 6.47. The van der Waals surface area contributed by atoms with Gasteiger partial charge in [0.1, 0.15) is 5.75 Å². The molecule has 0 fully saturated rings. The third-order valence-electron chi connectivity index (χ3n) is 2.68. The Morgan fingerprint density at radius 2 is 1.80 bits per heavy atom. The molecule has 0 aliphatic carbocycles. The monoisotopic (exact) mass is 270 g/mol. The number of hydrogen-bond donors (Lipinski definition) is 1. The molecule has 0 bridgehead atoms. The fourth-order valence-electron chi connectivity index (χ4n) is 1.62. The predicted octanol–water partition coefficient (Wildman–Crippen LogP) is 3.52. The zero-order valence-electron chi connectivity index (χ0n) is 11.0. The summed E-state index contributed by atoms with van der Waals surface area (Å²) in [5.41, 5.74) is 1.99. The summed E-state index contributed by atoms with van der Waals surface area (Å²) in [6.07, 6.45) is 0.154. The van der Waals surface area contributed by atoms with Crippen LogP contribution in [0, 0.1) is 0 Å². The van der Waals surface area contributed by atoms with Gasteiger partial charge in [-0.1, -0.05) is 18.2 Å². The summed E-state index contributed by atoms with van der Waals surface area (Å²) in [5.74, 6) is -0.146. The second-order valence-corrected chi connectivity index (χ2v) is 4.10. The van der Waals surface area contributed by atoms with Crippen LogP contribution in [-0.4, -0.2) is 18.2 Å². The van der Waals surface area contributed by atoms with Crippen molar-refractivity contribution < 1.29 is 14.6 Å². The lowest BCUT2D eigenvalue weighted by Crippen LogP contribution is -2.04. The summed E-state index contributed by atoms with van der Waals surface area (Å²) >= 11 is 0. The molecule has 0 aliphatic heterocycles. The number of rotatable bonds is 4. The summed E-state index contributed by atoms with van der Waals surface area (Å²) in [7, 11) is 1.35. The summed E-state index contributed by atoms with van der Waals surface area (Å²) in [6.45, 7) is 0. The number of methoxy groups -OCH3 is 1. The smallest absolute Gasteiger partial charge is 0.310 e. The molecule has 0 amide bonds. The first kappa shape index (κ1) is 13.7. The molecule has 0 spiro atoms. The number of phenols is 1. The lowest BCUT2D eigenvalue weighted by atomic mass is 10.1. The lowest BCUT2D eigenvalue weighted by molar-refractivity contribution is -0.139. The van der Waals surface area contributed by atoms with Gasteiger partial charge in [0.25, 0.3) is 0 Å². The summed E-state index contributed by atoms with van der Waals surface area (Å²) < 4.78 is 4.65. The van der Waals surface area contributed by atoms with Crippen LogP contribution in [0.3, 0.4) is 0 Å². The van der Waals surface area contributed by atoms with E-state index < -0.39 is 0 Å². The third kappa shape index (κ3) is 3.65. The van der Waals surface area contributed by atoms with Gasteiger partial charge < -0.3 is 9.84 Å². The Balaban J connectivity index is 2.20. The number of carbonyl (C=O) groups is 1. The van der Waals surface area contributed by atoms with Crippen molar-refractivity contribution in [1.82, 2.24) is 0 Å². The van der Waals surface area contributed by atoms with E-state index in [4.69, 9.17) is 0 Å². The molecule has 2 aromatic rings. The topological polar surface area (TPSA) is 71.2 Å². The van der Waals surface area contributed by atoms with Gasteiger partial charge in [0.2, 0.25) is 0 Å². The molecule has 5 heteroatoms. The van der Waals surface area contributed by atoms with Gasteiger partial charge in [-0.25, -0.2) is 0 Å². The van der Waals surface area contributed by atoms with Gasteiger partial charge in [0.05, 0.1) is 24.9 Å². The van der Waals surface area contributed by atoms with Crippen LogP contribution in [0.15, 0.2) is 58.8 Å². The third-order valence-corrected chi connectivity index (χ3v) is 2.68. The normalized spacial score (nSPS) is 10.7. The first-order valence-corrected chi connectivity index (χ1v) is 6.04. The molecule has 0 heterocycles. The molecule has 0 saturated heterocycles. The van der Waals surface area contributed by atoms with Crippen LogP contribution in [-0.2, 0) is 16.0 Å². The molecular weight excluding hydrogens is 256 g/mol. The highest BCUT2D eigenvalue weighted by Gasteiger charge is 2.07. The quantitative estimate of drug-likeness (QED) is 0.682. The number of benzene rings is 2.